The monoisotopic (exact) mass is 275 g/mol. The molecule has 1 heterocycles. The van der Waals surface area contributed by atoms with E-state index in [-0.39, 0.29) is 18.2 Å². The summed E-state index contributed by atoms with van der Waals surface area (Å²) in [6.07, 6.45) is 2.01. The number of carbonyl (C=O) groups is 2. The van der Waals surface area contributed by atoms with Crippen molar-refractivity contribution in [3.8, 4) is 0 Å². The van der Waals surface area contributed by atoms with Crippen molar-refractivity contribution in [3.05, 3.63) is 24.3 Å². The van der Waals surface area contributed by atoms with Crippen molar-refractivity contribution in [1.29, 1.82) is 0 Å². The van der Waals surface area contributed by atoms with Gasteiger partial charge >= 0.3 is 0 Å². The molecule has 1 N–H and O–H groups in total. The molecule has 0 saturated carbocycles. The van der Waals surface area contributed by atoms with Gasteiger partial charge in [0.2, 0.25) is 11.8 Å². The van der Waals surface area contributed by atoms with Gasteiger partial charge in [0.05, 0.1) is 0 Å². The molecule has 1 aliphatic rings. The Morgan fingerprint density at radius 3 is 2.30 bits per heavy atom. The summed E-state index contributed by atoms with van der Waals surface area (Å²) in [7, 11) is 3.92. The predicted molar refractivity (Wildman–Crippen MR) is 79.8 cm³/mol. The van der Waals surface area contributed by atoms with Gasteiger partial charge in [-0.05, 0) is 37.1 Å². The van der Waals surface area contributed by atoms with E-state index in [0.29, 0.717) is 0 Å². The van der Waals surface area contributed by atoms with E-state index in [9.17, 15) is 9.59 Å². The molecule has 0 bridgehead atoms. The lowest BCUT2D eigenvalue weighted by Gasteiger charge is -2.15. The van der Waals surface area contributed by atoms with Crippen LogP contribution in [0, 0.1) is 0 Å². The van der Waals surface area contributed by atoms with E-state index in [2.05, 4.69) is 5.32 Å². The van der Waals surface area contributed by atoms with E-state index < -0.39 is 0 Å². The van der Waals surface area contributed by atoms with Gasteiger partial charge in [0, 0.05) is 38.6 Å². The Morgan fingerprint density at radius 1 is 1.15 bits per heavy atom. The number of benzene rings is 1. The first-order valence-electron chi connectivity index (χ1n) is 6.91. The third-order valence-corrected chi connectivity index (χ3v) is 3.44. The van der Waals surface area contributed by atoms with E-state index in [1.165, 1.54) is 0 Å². The molecule has 0 radical (unpaired) electrons. The van der Waals surface area contributed by atoms with Crippen molar-refractivity contribution >= 4 is 23.2 Å². The molecule has 0 spiro atoms. The Hall–Kier alpha value is -2.04. The van der Waals surface area contributed by atoms with Crippen LogP contribution >= 0.6 is 0 Å². The number of nitrogens with zero attached hydrogens (tertiary/aromatic N) is 2. The fourth-order valence-electron chi connectivity index (χ4n) is 2.26. The van der Waals surface area contributed by atoms with Crippen LogP contribution in [0.5, 0.6) is 0 Å². The first-order chi connectivity index (χ1) is 9.56. The highest BCUT2D eigenvalue weighted by Gasteiger charge is 2.20. The molecule has 1 aromatic rings. The van der Waals surface area contributed by atoms with E-state index in [1.54, 1.807) is 4.90 Å². The van der Waals surface area contributed by atoms with Crippen LogP contribution in [0.25, 0.3) is 0 Å². The highest BCUT2D eigenvalue weighted by atomic mass is 16.2. The smallest absolute Gasteiger partial charge is 0.233 e. The second-order valence-corrected chi connectivity index (χ2v) is 5.25. The lowest BCUT2D eigenvalue weighted by atomic mass is 10.2. The Labute approximate surface area is 119 Å². The molecule has 2 rings (SSSR count). The summed E-state index contributed by atoms with van der Waals surface area (Å²) in [5.74, 6) is -0.329. The average Bonchev–Trinajstić information content (AvgIpc) is 2.93. The zero-order chi connectivity index (χ0) is 14.5. The van der Waals surface area contributed by atoms with Crippen molar-refractivity contribution in [2.24, 2.45) is 0 Å². The van der Waals surface area contributed by atoms with Crippen molar-refractivity contribution in [3.63, 3.8) is 0 Å². The zero-order valence-corrected chi connectivity index (χ0v) is 12.1. The van der Waals surface area contributed by atoms with Gasteiger partial charge in [-0.2, -0.15) is 0 Å². The van der Waals surface area contributed by atoms with E-state index in [1.807, 2.05) is 43.3 Å². The molecule has 0 aliphatic carbocycles. The second kappa shape index (κ2) is 6.41. The van der Waals surface area contributed by atoms with Gasteiger partial charge in [-0.3, -0.25) is 9.59 Å². The Bertz CT molecular complexity index is 476. The Balaban J connectivity index is 1.86. The van der Waals surface area contributed by atoms with Gasteiger partial charge in [-0.25, -0.2) is 0 Å². The summed E-state index contributed by atoms with van der Waals surface area (Å²) >= 11 is 0. The predicted octanol–water partition coefficient (Wildman–Crippen LogP) is 1.70. The Morgan fingerprint density at radius 2 is 1.75 bits per heavy atom. The van der Waals surface area contributed by atoms with Crippen LogP contribution in [-0.2, 0) is 9.59 Å². The summed E-state index contributed by atoms with van der Waals surface area (Å²) < 4.78 is 0. The molecule has 2 amide bonds. The summed E-state index contributed by atoms with van der Waals surface area (Å²) in [4.78, 5) is 27.4. The molecular weight excluding hydrogens is 254 g/mol. The largest absolute Gasteiger partial charge is 0.378 e. The fourth-order valence-corrected chi connectivity index (χ4v) is 2.26. The summed E-state index contributed by atoms with van der Waals surface area (Å²) in [6.45, 7) is 1.56. The standard InChI is InChI=1S/C15H21N3O2/c1-17(2)13-7-5-12(6-8-13)16-14(19)11-15(20)18-9-3-4-10-18/h5-8H,3-4,9-11H2,1-2H3,(H,16,19). The first kappa shape index (κ1) is 14.4. The van der Waals surface area contributed by atoms with Crippen molar-refractivity contribution in [2.75, 3.05) is 37.4 Å². The van der Waals surface area contributed by atoms with Gasteiger partial charge in [0.15, 0.2) is 0 Å². The normalized spacial score (nSPS) is 14.2. The topological polar surface area (TPSA) is 52.7 Å². The minimum Gasteiger partial charge on any atom is -0.378 e. The maximum absolute atomic E-state index is 11.8. The first-order valence-corrected chi connectivity index (χ1v) is 6.91. The molecule has 5 heteroatoms. The highest BCUT2D eigenvalue weighted by molar-refractivity contribution is 6.03. The molecule has 0 atom stereocenters. The molecule has 1 aliphatic heterocycles. The quantitative estimate of drug-likeness (QED) is 0.851. The van der Waals surface area contributed by atoms with Crippen LogP contribution in [0.4, 0.5) is 11.4 Å². The van der Waals surface area contributed by atoms with E-state index in [0.717, 1.165) is 37.3 Å². The Kier molecular flexibility index (Phi) is 4.61. The van der Waals surface area contributed by atoms with Crippen LogP contribution in [0.1, 0.15) is 19.3 Å². The SMILES string of the molecule is CN(C)c1ccc(NC(=O)CC(=O)N2CCCC2)cc1. The lowest BCUT2D eigenvalue weighted by molar-refractivity contribution is -0.133. The summed E-state index contributed by atoms with van der Waals surface area (Å²) in [5, 5.41) is 2.76. The number of hydrogen-bond acceptors (Lipinski definition) is 3. The zero-order valence-electron chi connectivity index (χ0n) is 12.1. The summed E-state index contributed by atoms with van der Waals surface area (Å²) in [6, 6.07) is 7.54. The lowest BCUT2D eigenvalue weighted by Crippen LogP contribution is -2.31. The number of carbonyl (C=O) groups excluding carboxylic acids is 2. The third kappa shape index (κ3) is 3.73. The molecule has 1 saturated heterocycles. The minimum absolute atomic E-state index is 0.0740. The molecule has 1 aromatic carbocycles. The van der Waals surface area contributed by atoms with Gasteiger partial charge in [0.25, 0.3) is 0 Å². The van der Waals surface area contributed by atoms with Crippen LogP contribution in [-0.4, -0.2) is 43.9 Å². The molecule has 20 heavy (non-hydrogen) atoms. The fraction of sp³-hybridized carbons (Fsp3) is 0.467. The molecular formula is C15H21N3O2. The number of nitrogens with one attached hydrogen (secondary N) is 1. The van der Waals surface area contributed by atoms with Gasteiger partial charge in [-0.1, -0.05) is 0 Å². The molecule has 1 fully saturated rings. The third-order valence-electron chi connectivity index (χ3n) is 3.44. The van der Waals surface area contributed by atoms with Crippen LogP contribution in [0.3, 0.4) is 0 Å². The average molecular weight is 275 g/mol. The van der Waals surface area contributed by atoms with Gasteiger partial charge < -0.3 is 15.1 Å². The van der Waals surface area contributed by atoms with Crippen molar-refractivity contribution in [1.82, 2.24) is 4.90 Å². The second-order valence-electron chi connectivity index (χ2n) is 5.25. The van der Waals surface area contributed by atoms with Crippen LogP contribution < -0.4 is 10.2 Å². The van der Waals surface area contributed by atoms with Gasteiger partial charge in [0.1, 0.15) is 6.42 Å². The maximum Gasteiger partial charge on any atom is 0.233 e. The molecule has 108 valence electrons. The minimum atomic E-state index is -0.250. The number of likely N-dealkylation sites (tertiary alicyclic amines) is 1. The van der Waals surface area contributed by atoms with Crippen molar-refractivity contribution in [2.45, 2.75) is 19.3 Å². The van der Waals surface area contributed by atoms with Crippen molar-refractivity contribution < 1.29 is 9.59 Å². The molecule has 0 unspecified atom stereocenters. The number of hydrogen-bond donors (Lipinski definition) is 1. The molecule has 0 aromatic heterocycles. The number of amides is 2. The number of rotatable bonds is 4. The van der Waals surface area contributed by atoms with E-state index >= 15 is 0 Å². The van der Waals surface area contributed by atoms with Crippen LogP contribution in [0.2, 0.25) is 0 Å². The molecule has 5 nitrogen and oxygen atoms in total. The van der Waals surface area contributed by atoms with Crippen LogP contribution in [0.15, 0.2) is 24.3 Å². The highest BCUT2D eigenvalue weighted by Crippen LogP contribution is 2.16. The maximum atomic E-state index is 11.8. The van der Waals surface area contributed by atoms with Gasteiger partial charge in [-0.15, -0.1) is 0 Å². The summed E-state index contributed by atoms with van der Waals surface area (Å²) in [5.41, 5.74) is 1.78. The number of anilines is 2. The van der Waals surface area contributed by atoms with E-state index in [4.69, 9.17) is 0 Å².